The van der Waals surface area contributed by atoms with Crippen molar-refractivity contribution in [1.82, 2.24) is 0 Å². The average molecular weight is 1740 g/mol. The van der Waals surface area contributed by atoms with Gasteiger partial charge in [0.1, 0.15) is 138 Å². The van der Waals surface area contributed by atoms with Crippen LogP contribution in [0.2, 0.25) is 5.02 Å². The van der Waals surface area contributed by atoms with Gasteiger partial charge in [-0.25, -0.2) is 0 Å². The second-order valence-corrected chi connectivity index (χ2v) is 36.0. The third-order valence-electron chi connectivity index (χ3n) is 23.5. The van der Waals surface area contributed by atoms with Gasteiger partial charge < -0.3 is 56.8 Å². The van der Waals surface area contributed by atoms with E-state index < -0.39 is 4.92 Å². The summed E-state index contributed by atoms with van der Waals surface area (Å²) in [6, 6.07) is 66.7. The zero-order valence-corrected chi connectivity index (χ0v) is 76.7. The maximum atomic E-state index is 10.9. The third-order valence-corrected chi connectivity index (χ3v) is 23.8. The monoisotopic (exact) mass is 1740 g/mol. The van der Waals surface area contributed by atoms with E-state index in [-0.39, 0.29) is 28.1 Å². The minimum Gasteiger partial charge on any atom is -0.496 e. The van der Waals surface area contributed by atoms with E-state index in [1.807, 2.05) is 92.7 Å². The summed E-state index contributed by atoms with van der Waals surface area (Å²) in [4.78, 5) is 10.5. The lowest BCUT2D eigenvalue weighted by Gasteiger charge is -2.30. The molecule has 8 heterocycles. The lowest BCUT2D eigenvalue weighted by atomic mass is 9.94. The van der Waals surface area contributed by atoms with E-state index in [0.717, 1.165) is 225 Å². The first-order valence-electron chi connectivity index (χ1n) is 44.8. The van der Waals surface area contributed by atoms with Crippen LogP contribution in [-0.2, 0) is 45.5 Å². The van der Waals surface area contributed by atoms with Crippen LogP contribution < -0.4 is 56.8 Å². The van der Waals surface area contributed by atoms with Crippen molar-refractivity contribution in [3.05, 3.63) is 345 Å². The average Bonchev–Trinajstić information content (AvgIpc) is 0.777. The molecule has 0 unspecified atom stereocenters. The van der Waals surface area contributed by atoms with Gasteiger partial charge in [0, 0.05) is 84.0 Å². The van der Waals surface area contributed by atoms with Crippen molar-refractivity contribution in [3.8, 4) is 69.0 Å². The summed E-state index contributed by atoms with van der Waals surface area (Å²) in [6.07, 6.45) is 32.8. The largest absolute Gasteiger partial charge is 0.496 e. The highest BCUT2D eigenvalue weighted by atomic mass is 35.5. The number of nitro benzene ring substituents is 1. The zero-order chi connectivity index (χ0) is 90.1. The summed E-state index contributed by atoms with van der Waals surface area (Å²) >= 11 is 6.04. The van der Waals surface area contributed by atoms with Gasteiger partial charge in [-0.3, -0.25) is 10.1 Å². The molecular formula is C113H112ClNO14. The molecule has 0 aromatic heterocycles. The van der Waals surface area contributed by atoms with Gasteiger partial charge in [-0.05, 0) is 290 Å². The predicted molar refractivity (Wildman–Crippen MR) is 522 cm³/mol. The maximum Gasteiger partial charge on any atom is 0.269 e. The molecule has 0 spiro atoms. The van der Waals surface area contributed by atoms with E-state index in [1.54, 1.807) is 19.2 Å². The number of ether oxygens (including phenoxy) is 12. The Morgan fingerprint density at radius 1 is 0.349 bits per heavy atom. The fourth-order valence-corrected chi connectivity index (χ4v) is 16.9. The Hall–Kier alpha value is -13.4. The van der Waals surface area contributed by atoms with Gasteiger partial charge in [-0.1, -0.05) is 150 Å². The molecular weight excluding hydrogens is 1630 g/mol. The Bertz CT molecular complexity index is 6290. The van der Waals surface area contributed by atoms with Crippen molar-refractivity contribution in [3.63, 3.8) is 0 Å². The second-order valence-electron chi connectivity index (χ2n) is 35.6. The smallest absolute Gasteiger partial charge is 0.269 e. The summed E-state index contributed by atoms with van der Waals surface area (Å²) in [5.74, 6) is 10.4. The van der Waals surface area contributed by atoms with Crippen molar-refractivity contribution < 1.29 is 61.8 Å². The molecule has 0 atom stereocenters. The number of hydrogen-bond donors (Lipinski definition) is 0. The molecule has 11 aromatic carbocycles. The predicted octanol–water partition coefficient (Wildman–Crippen LogP) is 27.9. The van der Waals surface area contributed by atoms with E-state index in [0.29, 0.717) is 46.2 Å². The minimum atomic E-state index is -0.402. The molecule has 19 rings (SSSR count). The molecule has 0 N–H and O–H groups in total. The Morgan fingerprint density at radius 2 is 0.636 bits per heavy atom. The minimum absolute atomic E-state index is 0.0663. The lowest BCUT2D eigenvalue weighted by molar-refractivity contribution is -0.384. The highest BCUT2D eigenvalue weighted by Gasteiger charge is 2.33. The van der Waals surface area contributed by atoms with Gasteiger partial charge in [-0.15, -0.1) is 0 Å². The van der Waals surface area contributed by atoms with Gasteiger partial charge in [0.05, 0.1) is 34.3 Å². The van der Waals surface area contributed by atoms with Crippen LogP contribution in [0, 0.1) is 10.1 Å². The molecule has 0 saturated heterocycles. The standard InChI is InChI=1S/C30H29ClO3.C30H30O3.C29H27NO5.C24H26O3/c1-4-5-20-8-12-25(28(16-20)32-18-21-6-10-24(31)11-7-21)23-17-22-9-13-27-26(29(22)33-19-23)14-15-30(2,3)34-27;1-4-8-21-11-13-25(28(17-21)31-19-22-9-6-5-7-10-22)24-18-23-12-14-27-26(29(23)32-20-24)15-16-30(2,3)33-27;1-4-19-7-11-24(27(15-19)33-17-20-5-9-23(10-6-20)30(31)32)22-16-21-8-12-26-25(28(21)34-18-22)13-14-29(2,3)35-26;1-5-6-16-7-9-19(22(13-16)25-4)18-14-17-8-10-21-20(23(17)26-15-18)11-12-24(2,3)27-21/h6-17H,4-5,18-19H2,1-3H3;5-7,9-18H,4,8,19-20H2,1-3H3;5-16H,4,17-18H2,1-3H3;7-14H,5-6,15H2,1-4H3. The topological polar surface area (TPSA) is 154 Å². The summed E-state index contributed by atoms with van der Waals surface area (Å²) in [5, 5.41) is 11.6. The third kappa shape index (κ3) is 21.1. The molecule has 16 heteroatoms. The number of methoxy groups -OCH3 is 1. The normalized spacial score (nSPS) is 15.6. The first-order valence-corrected chi connectivity index (χ1v) is 45.2. The number of hydrogen-bond acceptors (Lipinski definition) is 14. The number of nitrogens with zero attached hydrogens (tertiary/aromatic N) is 1. The van der Waals surface area contributed by atoms with Crippen LogP contribution in [0.15, 0.2) is 224 Å². The molecule has 660 valence electrons. The molecule has 0 bridgehead atoms. The fourth-order valence-electron chi connectivity index (χ4n) is 16.8. The number of benzene rings is 11. The molecule has 0 saturated carbocycles. The van der Waals surface area contributed by atoms with Gasteiger partial charge in [-0.2, -0.15) is 0 Å². The molecule has 8 aliphatic heterocycles. The first kappa shape index (κ1) is 89.0. The number of fused-ring (bicyclic) bond motifs is 12. The lowest BCUT2D eigenvalue weighted by Crippen LogP contribution is -2.27. The zero-order valence-electron chi connectivity index (χ0n) is 75.9. The first-order chi connectivity index (χ1) is 62.3. The Labute approximate surface area is 763 Å². The summed E-state index contributed by atoms with van der Waals surface area (Å²) in [5.41, 5.74) is 23.7. The van der Waals surface area contributed by atoms with E-state index in [2.05, 4.69) is 239 Å². The Balaban J connectivity index is 0.000000127. The van der Waals surface area contributed by atoms with E-state index in [1.165, 1.54) is 34.4 Å². The summed E-state index contributed by atoms with van der Waals surface area (Å²) < 4.78 is 74.0. The SMILES string of the molecule is CCCc1ccc(C2=Cc3ccc4c(c3OC2)C=CC(C)(C)O4)c(OC)c1.CCCc1ccc(C2=Cc3ccc4c(c3OC2)C=CC(C)(C)O4)c(OCc2ccc(Cl)cc2)c1.CCCc1ccc(C2=Cc3ccc4c(c3OC2)C=CC(C)(C)O4)c(OCc2ccccc2)c1.CCc1ccc(C2=Cc3ccc4c(c3OC2)C=CC(C)(C)O4)c(OCc2ccc([N+](=O)[O-])cc2)c1. The highest BCUT2D eigenvalue weighted by Crippen LogP contribution is 2.50. The van der Waals surface area contributed by atoms with Crippen molar-refractivity contribution in [2.75, 3.05) is 33.5 Å². The number of halogens is 1. The molecule has 0 fully saturated rings. The van der Waals surface area contributed by atoms with Crippen LogP contribution >= 0.6 is 11.6 Å². The number of nitro groups is 1. The van der Waals surface area contributed by atoms with Gasteiger partial charge >= 0.3 is 0 Å². The van der Waals surface area contributed by atoms with Crippen LogP contribution in [0.3, 0.4) is 0 Å². The van der Waals surface area contributed by atoms with Crippen LogP contribution in [0.4, 0.5) is 5.69 Å². The van der Waals surface area contributed by atoms with Crippen LogP contribution in [0.5, 0.6) is 69.0 Å². The fraction of sp³-hybridized carbons (Fsp3) is 0.274. The second kappa shape index (κ2) is 38.7. The van der Waals surface area contributed by atoms with Crippen LogP contribution in [0.1, 0.15) is 208 Å². The summed E-state index contributed by atoms with van der Waals surface area (Å²) in [7, 11) is 1.73. The number of rotatable bonds is 22. The number of aryl methyl sites for hydroxylation is 4. The van der Waals surface area contributed by atoms with E-state index in [9.17, 15) is 10.1 Å². The Kier molecular flexibility index (Phi) is 26.7. The molecule has 129 heavy (non-hydrogen) atoms. The van der Waals surface area contributed by atoms with Crippen LogP contribution in [0.25, 0.3) is 70.9 Å². The number of non-ortho nitro benzene ring substituents is 1. The molecule has 0 aliphatic carbocycles. The maximum absolute atomic E-state index is 10.9. The van der Waals surface area contributed by atoms with Gasteiger partial charge in [0.15, 0.2) is 0 Å². The van der Waals surface area contributed by atoms with Gasteiger partial charge in [0.25, 0.3) is 5.69 Å². The van der Waals surface area contributed by atoms with Crippen molar-refractivity contribution in [2.45, 2.75) is 170 Å². The summed E-state index contributed by atoms with van der Waals surface area (Å²) in [6.45, 7) is 28.3. The molecule has 11 aromatic rings. The van der Waals surface area contributed by atoms with E-state index in [4.69, 9.17) is 68.4 Å². The molecule has 0 amide bonds. The molecule has 8 aliphatic rings. The van der Waals surface area contributed by atoms with Crippen LogP contribution in [-0.4, -0.2) is 60.9 Å². The van der Waals surface area contributed by atoms with E-state index >= 15 is 0 Å². The van der Waals surface area contributed by atoms with Gasteiger partial charge in [0.2, 0.25) is 0 Å². The Morgan fingerprint density at radius 3 is 0.946 bits per heavy atom. The van der Waals surface area contributed by atoms with Crippen molar-refractivity contribution in [2.24, 2.45) is 0 Å². The quantitative estimate of drug-likeness (QED) is 0.0467. The highest BCUT2D eigenvalue weighted by molar-refractivity contribution is 6.30. The van der Waals surface area contributed by atoms with Crippen molar-refractivity contribution in [1.29, 1.82) is 0 Å². The molecule has 0 radical (unpaired) electrons. The molecule has 15 nitrogen and oxygen atoms in total. The van der Waals surface area contributed by atoms with Crippen molar-refractivity contribution >= 4 is 88.2 Å².